The lowest BCUT2D eigenvalue weighted by atomic mass is 10.1. The van der Waals surface area contributed by atoms with E-state index >= 15 is 0 Å². The highest BCUT2D eigenvalue weighted by Crippen LogP contribution is 2.19. The van der Waals surface area contributed by atoms with Crippen LogP contribution in [0.4, 0.5) is 5.82 Å². The molecule has 20 heavy (non-hydrogen) atoms. The van der Waals surface area contributed by atoms with Gasteiger partial charge in [-0.3, -0.25) is 0 Å². The van der Waals surface area contributed by atoms with Crippen molar-refractivity contribution in [1.82, 2.24) is 10.3 Å². The average Bonchev–Trinajstić information content (AvgIpc) is 2.37. The van der Waals surface area contributed by atoms with E-state index < -0.39 is 0 Å². The van der Waals surface area contributed by atoms with Crippen LogP contribution < -0.4 is 10.2 Å². The lowest BCUT2D eigenvalue weighted by Crippen LogP contribution is -2.23. The maximum atomic E-state index is 6.22. The summed E-state index contributed by atoms with van der Waals surface area (Å²) in [6.45, 7) is 11.6. The number of aromatic nitrogens is 1. The van der Waals surface area contributed by atoms with E-state index in [1.54, 1.807) is 0 Å². The summed E-state index contributed by atoms with van der Waals surface area (Å²) in [5.74, 6) is 2.33. The molecule has 1 rings (SSSR count). The fourth-order valence-electron chi connectivity index (χ4n) is 1.86. The molecule has 0 amide bonds. The van der Waals surface area contributed by atoms with E-state index in [1.165, 1.54) is 6.42 Å². The smallest absolute Gasteiger partial charge is 0.128 e. The van der Waals surface area contributed by atoms with E-state index in [2.05, 4.69) is 49.9 Å². The van der Waals surface area contributed by atoms with Crippen molar-refractivity contribution in [3.8, 4) is 0 Å². The third-order valence-corrected chi connectivity index (χ3v) is 3.53. The Hall–Kier alpha value is -0.800. The van der Waals surface area contributed by atoms with Crippen LogP contribution in [0.25, 0.3) is 0 Å². The number of halogens is 1. The van der Waals surface area contributed by atoms with Crippen molar-refractivity contribution in [2.45, 2.75) is 40.7 Å². The van der Waals surface area contributed by atoms with Crippen molar-refractivity contribution in [3.05, 3.63) is 22.8 Å². The highest BCUT2D eigenvalue weighted by Gasteiger charge is 2.08. The molecule has 0 spiro atoms. The summed E-state index contributed by atoms with van der Waals surface area (Å²) < 4.78 is 0. The topological polar surface area (TPSA) is 28.2 Å². The zero-order chi connectivity index (χ0) is 15.1. The van der Waals surface area contributed by atoms with Crippen LogP contribution in [-0.2, 0) is 6.54 Å². The first-order valence-electron chi connectivity index (χ1n) is 7.47. The minimum atomic E-state index is 0.630. The van der Waals surface area contributed by atoms with Gasteiger partial charge < -0.3 is 10.2 Å². The molecule has 0 atom stereocenters. The summed E-state index contributed by atoms with van der Waals surface area (Å²) in [5, 5.41) is 4.13. The van der Waals surface area contributed by atoms with Crippen LogP contribution >= 0.6 is 11.6 Å². The first-order chi connectivity index (χ1) is 9.40. The maximum absolute atomic E-state index is 6.22. The summed E-state index contributed by atoms with van der Waals surface area (Å²) in [4.78, 5) is 6.88. The van der Waals surface area contributed by atoms with Gasteiger partial charge in [-0.1, -0.05) is 39.3 Å². The van der Waals surface area contributed by atoms with Gasteiger partial charge in [0.15, 0.2) is 0 Å². The third kappa shape index (κ3) is 6.10. The van der Waals surface area contributed by atoms with Gasteiger partial charge in [0.2, 0.25) is 0 Å². The minimum absolute atomic E-state index is 0.630. The molecule has 0 bridgehead atoms. The van der Waals surface area contributed by atoms with E-state index in [0.29, 0.717) is 11.8 Å². The summed E-state index contributed by atoms with van der Waals surface area (Å²) in [6, 6.07) is 3.94. The molecule has 0 aliphatic rings. The molecule has 0 saturated heterocycles. The normalized spacial score (nSPS) is 11.4. The van der Waals surface area contributed by atoms with Crippen molar-refractivity contribution in [2.75, 3.05) is 25.0 Å². The van der Waals surface area contributed by atoms with Crippen molar-refractivity contribution >= 4 is 17.4 Å². The molecule has 0 aromatic carbocycles. The second-order valence-electron chi connectivity index (χ2n) is 6.23. The van der Waals surface area contributed by atoms with Crippen LogP contribution in [0.5, 0.6) is 0 Å². The number of nitrogens with zero attached hydrogens (tertiary/aromatic N) is 2. The number of nitrogens with one attached hydrogen (secondary N) is 1. The Balaban J connectivity index is 2.64. The minimum Gasteiger partial charge on any atom is -0.360 e. The average molecular weight is 298 g/mol. The van der Waals surface area contributed by atoms with E-state index in [4.69, 9.17) is 11.6 Å². The van der Waals surface area contributed by atoms with Gasteiger partial charge in [-0.15, -0.1) is 0 Å². The predicted molar refractivity (Wildman–Crippen MR) is 88.5 cm³/mol. The van der Waals surface area contributed by atoms with Crippen molar-refractivity contribution in [3.63, 3.8) is 0 Å². The van der Waals surface area contributed by atoms with Gasteiger partial charge in [0.1, 0.15) is 5.82 Å². The second-order valence-corrected chi connectivity index (χ2v) is 6.63. The van der Waals surface area contributed by atoms with Gasteiger partial charge in [-0.2, -0.15) is 0 Å². The Labute approximate surface area is 128 Å². The molecule has 3 nitrogen and oxygen atoms in total. The van der Waals surface area contributed by atoms with Gasteiger partial charge in [0, 0.05) is 20.1 Å². The van der Waals surface area contributed by atoms with Gasteiger partial charge in [-0.05, 0) is 36.9 Å². The predicted octanol–water partition coefficient (Wildman–Crippen LogP) is 3.96. The lowest BCUT2D eigenvalue weighted by Gasteiger charge is -2.20. The van der Waals surface area contributed by atoms with Gasteiger partial charge in [0.25, 0.3) is 0 Å². The maximum Gasteiger partial charge on any atom is 0.128 e. The number of pyridine rings is 1. The number of anilines is 1. The summed E-state index contributed by atoms with van der Waals surface area (Å²) in [7, 11) is 2.09. The molecule has 0 fully saturated rings. The van der Waals surface area contributed by atoms with Crippen LogP contribution in [-0.4, -0.2) is 25.1 Å². The molecule has 1 N–H and O–H groups in total. The molecule has 1 aromatic rings. The molecule has 0 aliphatic heterocycles. The molecule has 4 heteroatoms. The standard InChI is InChI=1S/C16H28ClN3/c1-12(2)8-9-20(5)16-7-6-14(17)15(19-16)11-18-10-13(3)4/h6-7,12-13,18H,8-11H2,1-5H3. The highest BCUT2D eigenvalue weighted by molar-refractivity contribution is 6.31. The van der Waals surface area contributed by atoms with E-state index in [-0.39, 0.29) is 0 Å². The Morgan fingerprint density at radius 2 is 1.90 bits per heavy atom. The van der Waals surface area contributed by atoms with Crippen LogP contribution in [0.3, 0.4) is 0 Å². The van der Waals surface area contributed by atoms with Gasteiger partial charge in [0.05, 0.1) is 10.7 Å². The van der Waals surface area contributed by atoms with E-state index in [1.807, 2.05) is 12.1 Å². The SMILES string of the molecule is CC(C)CCN(C)c1ccc(Cl)c(CNCC(C)C)n1. The second kappa shape index (κ2) is 8.48. The third-order valence-electron chi connectivity index (χ3n) is 3.18. The Morgan fingerprint density at radius 1 is 1.20 bits per heavy atom. The molecule has 0 saturated carbocycles. The van der Waals surface area contributed by atoms with Crippen LogP contribution in [0.15, 0.2) is 12.1 Å². The van der Waals surface area contributed by atoms with Crippen LogP contribution in [0.1, 0.15) is 39.8 Å². The molecule has 0 unspecified atom stereocenters. The quantitative estimate of drug-likeness (QED) is 0.787. The van der Waals surface area contributed by atoms with E-state index in [0.717, 1.165) is 36.2 Å². The van der Waals surface area contributed by atoms with E-state index in [9.17, 15) is 0 Å². The van der Waals surface area contributed by atoms with Crippen LogP contribution in [0, 0.1) is 11.8 Å². The highest BCUT2D eigenvalue weighted by atomic mass is 35.5. The molecular formula is C16H28ClN3. The molecule has 114 valence electrons. The number of hydrogen-bond acceptors (Lipinski definition) is 3. The molecule has 0 radical (unpaired) electrons. The molecular weight excluding hydrogens is 270 g/mol. The molecule has 0 aliphatic carbocycles. The van der Waals surface area contributed by atoms with Gasteiger partial charge >= 0.3 is 0 Å². The zero-order valence-electron chi connectivity index (χ0n) is 13.4. The fourth-order valence-corrected chi connectivity index (χ4v) is 2.03. The molecule has 1 aromatic heterocycles. The van der Waals surface area contributed by atoms with Crippen LogP contribution in [0.2, 0.25) is 5.02 Å². The Morgan fingerprint density at radius 3 is 2.50 bits per heavy atom. The van der Waals surface area contributed by atoms with Crippen molar-refractivity contribution in [1.29, 1.82) is 0 Å². The first-order valence-corrected chi connectivity index (χ1v) is 7.85. The lowest BCUT2D eigenvalue weighted by molar-refractivity contribution is 0.547. The molecule has 1 heterocycles. The van der Waals surface area contributed by atoms with Gasteiger partial charge in [-0.25, -0.2) is 4.98 Å². The van der Waals surface area contributed by atoms with Crippen molar-refractivity contribution < 1.29 is 0 Å². The summed E-state index contributed by atoms with van der Waals surface area (Å²) >= 11 is 6.22. The summed E-state index contributed by atoms with van der Waals surface area (Å²) in [5.41, 5.74) is 0.932. The number of rotatable bonds is 8. The summed E-state index contributed by atoms with van der Waals surface area (Å²) in [6.07, 6.45) is 1.17. The largest absolute Gasteiger partial charge is 0.360 e. The Bertz CT molecular complexity index is 405. The number of hydrogen-bond donors (Lipinski definition) is 1. The monoisotopic (exact) mass is 297 g/mol. The first kappa shape index (κ1) is 17.3. The fraction of sp³-hybridized carbons (Fsp3) is 0.688. The Kier molecular flexibility index (Phi) is 7.31. The van der Waals surface area contributed by atoms with Crippen molar-refractivity contribution in [2.24, 2.45) is 11.8 Å². The zero-order valence-corrected chi connectivity index (χ0v) is 14.2.